The van der Waals surface area contributed by atoms with Gasteiger partial charge in [-0.25, -0.2) is 9.59 Å². The molecule has 0 bridgehead atoms. The molecular formula is C25H26O7. The van der Waals surface area contributed by atoms with Crippen LogP contribution in [0.3, 0.4) is 0 Å². The van der Waals surface area contributed by atoms with Gasteiger partial charge in [0.2, 0.25) is 5.78 Å². The third-order valence-corrected chi connectivity index (χ3v) is 3.96. The molecule has 0 N–H and O–H groups in total. The van der Waals surface area contributed by atoms with Crippen LogP contribution in [0.1, 0.15) is 25.0 Å². The topological polar surface area (TPSA) is 88.1 Å². The number of ketones is 1. The van der Waals surface area contributed by atoms with Crippen molar-refractivity contribution in [2.24, 2.45) is 0 Å². The zero-order chi connectivity index (χ0) is 23.2. The molecule has 0 atom stereocenters. The Labute approximate surface area is 187 Å². The molecule has 7 nitrogen and oxygen atoms in total. The minimum atomic E-state index is -0.672. The van der Waals surface area contributed by atoms with Crippen molar-refractivity contribution in [3.05, 3.63) is 71.8 Å². The van der Waals surface area contributed by atoms with Crippen molar-refractivity contribution in [3.63, 3.8) is 0 Å². The summed E-state index contributed by atoms with van der Waals surface area (Å²) in [6, 6.07) is 14.3. The second-order valence-corrected chi connectivity index (χ2v) is 6.42. The number of rotatable bonds is 12. The maximum atomic E-state index is 11.8. The van der Waals surface area contributed by atoms with Gasteiger partial charge in [-0.1, -0.05) is 24.3 Å². The first-order valence-electron chi connectivity index (χ1n) is 10.2. The summed E-state index contributed by atoms with van der Waals surface area (Å²) in [5, 5.41) is 0. The van der Waals surface area contributed by atoms with Crippen molar-refractivity contribution in [3.8, 4) is 11.5 Å². The molecule has 0 radical (unpaired) electrons. The van der Waals surface area contributed by atoms with E-state index in [1.807, 2.05) is 13.8 Å². The van der Waals surface area contributed by atoms with Gasteiger partial charge in [0.15, 0.2) is 13.2 Å². The summed E-state index contributed by atoms with van der Waals surface area (Å²) in [5.74, 6) is -0.401. The van der Waals surface area contributed by atoms with E-state index in [0.717, 1.165) is 22.6 Å². The van der Waals surface area contributed by atoms with Crippen LogP contribution in [-0.2, 0) is 23.9 Å². The third kappa shape index (κ3) is 9.30. The SMILES string of the molecule is CCOc1ccc(/C=C/C(=O)OCC(=O)COC(=O)/C=C/c2ccc(OCC)cc2)cc1. The van der Waals surface area contributed by atoms with Crippen molar-refractivity contribution in [1.29, 1.82) is 0 Å². The molecule has 7 heteroatoms. The Morgan fingerprint density at radius 2 is 1.03 bits per heavy atom. The molecule has 0 aliphatic rings. The average Bonchev–Trinajstić information content (AvgIpc) is 2.81. The van der Waals surface area contributed by atoms with Crippen LogP contribution in [0.25, 0.3) is 12.2 Å². The molecule has 0 amide bonds. The molecule has 2 aromatic rings. The minimum Gasteiger partial charge on any atom is -0.494 e. The first-order valence-corrected chi connectivity index (χ1v) is 10.2. The summed E-state index contributed by atoms with van der Waals surface area (Å²) in [4.78, 5) is 35.2. The lowest BCUT2D eigenvalue weighted by Crippen LogP contribution is -2.19. The van der Waals surface area contributed by atoms with E-state index in [9.17, 15) is 14.4 Å². The summed E-state index contributed by atoms with van der Waals surface area (Å²) in [6.07, 6.45) is 5.56. The Hall–Kier alpha value is -3.87. The van der Waals surface area contributed by atoms with Crippen LogP contribution in [0.5, 0.6) is 11.5 Å². The number of carbonyl (C=O) groups excluding carboxylic acids is 3. The fourth-order valence-electron chi connectivity index (χ4n) is 2.45. The van der Waals surface area contributed by atoms with Crippen LogP contribution in [0.15, 0.2) is 60.7 Å². The monoisotopic (exact) mass is 438 g/mol. The van der Waals surface area contributed by atoms with Gasteiger partial charge in [0.05, 0.1) is 13.2 Å². The first kappa shape index (κ1) is 24.4. The fraction of sp³-hybridized carbons (Fsp3) is 0.240. The van der Waals surface area contributed by atoms with Gasteiger partial charge in [0.25, 0.3) is 0 Å². The molecule has 0 heterocycles. The summed E-state index contributed by atoms with van der Waals surface area (Å²) in [7, 11) is 0. The van der Waals surface area contributed by atoms with Gasteiger partial charge in [-0.05, 0) is 61.4 Å². The number of ether oxygens (including phenoxy) is 4. The molecule has 2 aromatic carbocycles. The first-order chi connectivity index (χ1) is 15.5. The Bertz CT molecular complexity index is 864. The number of Topliss-reactive ketones (excluding diaryl/α,β-unsaturated/α-hetero) is 1. The normalized spacial score (nSPS) is 10.8. The number of carbonyl (C=O) groups is 3. The Balaban J connectivity index is 1.68. The van der Waals surface area contributed by atoms with Gasteiger partial charge < -0.3 is 18.9 Å². The molecule has 32 heavy (non-hydrogen) atoms. The molecular weight excluding hydrogens is 412 g/mol. The van der Waals surface area contributed by atoms with E-state index in [1.165, 1.54) is 12.2 Å². The number of esters is 2. The molecule has 0 aromatic heterocycles. The second kappa shape index (κ2) is 13.4. The van der Waals surface area contributed by atoms with Crippen LogP contribution in [-0.4, -0.2) is 44.1 Å². The molecule has 0 unspecified atom stereocenters. The van der Waals surface area contributed by atoms with E-state index in [-0.39, 0.29) is 0 Å². The van der Waals surface area contributed by atoms with E-state index < -0.39 is 30.9 Å². The third-order valence-electron chi connectivity index (χ3n) is 3.96. The Morgan fingerprint density at radius 1 is 0.656 bits per heavy atom. The second-order valence-electron chi connectivity index (χ2n) is 6.42. The van der Waals surface area contributed by atoms with Crippen LogP contribution >= 0.6 is 0 Å². The largest absolute Gasteiger partial charge is 0.494 e. The quantitative estimate of drug-likeness (QED) is 0.367. The fourth-order valence-corrected chi connectivity index (χ4v) is 2.45. The van der Waals surface area contributed by atoms with Crippen LogP contribution in [0.2, 0.25) is 0 Å². The van der Waals surface area contributed by atoms with E-state index in [1.54, 1.807) is 60.7 Å². The average molecular weight is 438 g/mol. The number of hydrogen-bond acceptors (Lipinski definition) is 7. The molecule has 0 aliphatic heterocycles. The Morgan fingerprint density at radius 3 is 1.38 bits per heavy atom. The van der Waals surface area contributed by atoms with Crippen LogP contribution in [0.4, 0.5) is 0 Å². The summed E-state index contributed by atoms with van der Waals surface area (Å²) in [6.45, 7) is 3.97. The number of hydrogen-bond donors (Lipinski definition) is 0. The van der Waals surface area contributed by atoms with Crippen molar-refractivity contribution in [2.45, 2.75) is 13.8 Å². The summed E-state index contributed by atoms with van der Waals surface area (Å²) >= 11 is 0. The van der Waals surface area contributed by atoms with Crippen molar-refractivity contribution < 1.29 is 33.3 Å². The molecule has 0 fully saturated rings. The smallest absolute Gasteiger partial charge is 0.331 e. The van der Waals surface area contributed by atoms with Gasteiger partial charge in [-0.15, -0.1) is 0 Å². The molecule has 0 aliphatic carbocycles. The van der Waals surface area contributed by atoms with E-state index in [2.05, 4.69) is 0 Å². The summed E-state index contributed by atoms with van der Waals surface area (Å²) in [5.41, 5.74) is 1.56. The van der Waals surface area contributed by atoms with Gasteiger partial charge >= 0.3 is 11.9 Å². The zero-order valence-electron chi connectivity index (χ0n) is 18.1. The molecule has 0 saturated heterocycles. The summed E-state index contributed by atoms with van der Waals surface area (Å²) < 4.78 is 20.4. The lowest BCUT2D eigenvalue weighted by atomic mass is 10.2. The number of benzene rings is 2. The highest BCUT2D eigenvalue weighted by Gasteiger charge is 2.08. The standard InChI is InChI=1S/C25H26O7/c1-3-29-22-11-5-19(6-12-22)9-15-24(27)31-17-21(26)18-32-25(28)16-10-20-7-13-23(14-8-20)30-4-2/h5-16H,3-4,17-18H2,1-2H3/b15-9+,16-10+. The Kier molecular flexibility index (Phi) is 10.2. The maximum Gasteiger partial charge on any atom is 0.331 e. The highest BCUT2D eigenvalue weighted by Crippen LogP contribution is 2.14. The van der Waals surface area contributed by atoms with Crippen molar-refractivity contribution >= 4 is 29.9 Å². The predicted octanol–water partition coefficient (Wildman–Crippen LogP) is 3.87. The van der Waals surface area contributed by atoms with Crippen LogP contribution < -0.4 is 9.47 Å². The zero-order valence-corrected chi connectivity index (χ0v) is 18.1. The lowest BCUT2D eigenvalue weighted by molar-refractivity contribution is -0.148. The minimum absolute atomic E-state index is 0.484. The molecule has 0 saturated carbocycles. The van der Waals surface area contributed by atoms with E-state index >= 15 is 0 Å². The van der Waals surface area contributed by atoms with Crippen molar-refractivity contribution in [2.75, 3.05) is 26.4 Å². The van der Waals surface area contributed by atoms with Crippen molar-refractivity contribution in [1.82, 2.24) is 0 Å². The van der Waals surface area contributed by atoms with Gasteiger partial charge in [-0.3, -0.25) is 4.79 Å². The van der Waals surface area contributed by atoms with Gasteiger partial charge in [-0.2, -0.15) is 0 Å². The van der Waals surface area contributed by atoms with Gasteiger partial charge in [0.1, 0.15) is 11.5 Å². The molecule has 2 rings (SSSR count). The van der Waals surface area contributed by atoms with E-state index in [0.29, 0.717) is 13.2 Å². The molecule has 0 spiro atoms. The maximum absolute atomic E-state index is 11.8. The lowest BCUT2D eigenvalue weighted by Gasteiger charge is -2.03. The van der Waals surface area contributed by atoms with E-state index in [4.69, 9.17) is 18.9 Å². The molecule has 168 valence electrons. The highest BCUT2D eigenvalue weighted by atomic mass is 16.6. The van der Waals surface area contributed by atoms with Crippen LogP contribution in [0, 0.1) is 0 Å². The highest BCUT2D eigenvalue weighted by molar-refractivity contribution is 5.92. The van der Waals surface area contributed by atoms with Gasteiger partial charge in [0, 0.05) is 12.2 Å². The predicted molar refractivity (Wildman–Crippen MR) is 120 cm³/mol.